The van der Waals surface area contributed by atoms with Crippen LogP contribution in [0.15, 0.2) is 36.5 Å². The third kappa shape index (κ3) is 3.50. The van der Waals surface area contributed by atoms with Crippen LogP contribution in [-0.2, 0) is 18.9 Å². The van der Waals surface area contributed by atoms with E-state index in [4.69, 9.17) is 11.6 Å². The van der Waals surface area contributed by atoms with E-state index in [1.807, 2.05) is 0 Å². The zero-order chi connectivity index (χ0) is 24.4. The maximum atomic E-state index is 13.3. The number of pyridine rings is 1. The van der Waals surface area contributed by atoms with Crippen molar-refractivity contribution in [1.82, 2.24) is 34.5 Å². The molecule has 0 saturated heterocycles. The molecule has 3 aromatic heterocycles. The minimum absolute atomic E-state index is 0.0325. The Hall–Kier alpha value is -3.48. The van der Waals surface area contributed by atoms with Crippen molar-refractivity contribution >= 4 is 11.6 Å². The second-order valence-electron chi connectivity index (χ2n) is 7.62. The highest BCUT2D eigenvalue weighted by molar-refractivity contribution is 6.34. The summed E-state index contributed by atoms with van der Waals surface area (Å²) in [6, 6.07) is 4.79. The summed E-state index contributed by atoms with van der Waals surface area (Å²) in [4.78, 5) is 3.99. The summed E-state index contributed by atoms with van der Waals surface area (Å²) in [5.41, 5.74) is -1.89. The first-order chi connectivity index (χ1) is 16.0. The molecule has 34 heavy (non-hydrogen) atoms. The molecular formula is C20H12ClF6N7. The van der Waals surface area contributed by atoms with Crippen molar-refractivity contribution in [3.05, 3.63) is 52.7 Å². The summed E-state index contributed by atoms with van der Waals surface area (Å²) >= 11 is 6.08. The molecule has 0 aliphatic carbocycles. The van der Waals surface area contributed by atoms with Gasteiger partial charge in [-0.25, -0.2) is 0 Å². The molecule has 176 valence electrons. The Morgan fingerprint density at radius 3 is 2.26 bits per heavy atom. The van der Waals surface area contributed by atoms with E-state index in [9.17, 15) is 26.3 Å². The molecule has 7 nitrogen and oxygen atoms in total. The molecule has 0 bridgehead atoms. The summed E-state index contributed by atoms with van der Waals surface area (Å²) in [5, 5.41) is 15.6. The number of rotatable bonds is 2. The Bertz CT molecular complexity index is 1410. The molecule has 0 radical (unpaired) electrons. The molecule has 0 saturated carbocycles. The van der Waals surface area contributed by atoms with E-state index in [2.05, 4.69) is 25.4 Å². The van der Waals surface area contributed by atoms with Crippen LogP contribution in [0.1, 0.15) is 24.1 Å². The van der Waals surface area contributed by atoms with E-state index >= 15 is 0 Å². The van der Waals surface area contributed by atoms with Gasteiger partial charge in [-0.2, -0.15) is 26.3 Å². The van der Waals surface area contributed by atoms with Crippen LogP contribution in [0.2, 0.25) is 5.02 Å². The van der Waals surface area contributed by atoms with Crippen LogP contribution in [0, 0.1) is 0 Å². The van der Waals surface area contributed by atoms with E-state index in [1.54, 1.807) is 16.1 Å². The van der Waals surface area contributed by atoms with Crippen molar-refractivity contribution in [2.45, 2.75) is 31.9 Å². The minimum atomic E-state index is -4.66. The van der Waals surface area contributed by atoms with Crippen LogP contribution in [0.25, 0.3) is 34.6 Å². The first kappa shape index (κ1) is 22.3. The number of fused-ring (bicyclic) bond motifs is 3. The van der Waals surface area contributed by atoms with Gasteiger partial charge >= 0.3 is 12.4 Å². The number of aromatic nitrogens is 7. The van der Waals surface area contributed by atoms with Gasteiger partial charge in [0.1, 0.15) is 5.69 Å². The monoisotopic (exact) mass is 499 g/mol. The largest absolute Gasteiger partial charge is 0.417 e. The van der Waals surface area contributed by atoms with Gasteiger partial charge in [-0.05, 0) is 31.2 Å². The van der Waals surface area contributed by atoms with Crippen molar-refractivity contribution in [2.75, 3.05) is 0 Å². The van der Waals surface area contributed by atoms with Crippen LogP contribution >= 0.6 is 11.6 Å². The molecule has 1 aliphatic heterocycles. The summed E-state index contributed by atoms with van der Waals surface area (Å²) in [7, 11) is 0. The molecule has 1 aromatic carbocycles. The standard InChI is InChI=1S/C20H12ClF6N7/c1-9-8-33-16(13-7-10(5-6-28-13)19(22,23)24)30-31-17(33)18-32-29-15(34(9)18)11-3-2-4-12(14(11)21)20(25,26)27/h2-7,9H,8H2,1H3. The molecule has 1 atom stereocenters. The van der Waals surface area contributed by atoms with E-state index in [1.165, 1.54) is 12.1 Å². The summed E-state index contributed by atoms with van der Waals surface area (Å²) < 4.78 is 82.5. The lowest BCUT2D eigenvalue weighted by Crippen LogP contribution is -2.22. The summed E-state index contributed by atoms with van der Waals surface area (Å²) in [5.74, 6) is 0.578. The molecule has 4 heterocycles. The molecule has 14 heteroatoms. The Morgan fingerprint density at radius 2 is 1.56 bits per heavy atom. The fourth-order valence-electron chi connectivity index (χ4n) is 3.87. The minimum Gasteiger partial charge on any atom is -0.301 e. The van der Waals surface area contributed by atoms with Crippen LogP contribution in [0.3, 0.4) is 0 Å². The molecule has 0 amide bonds. The third-order valence-electron chi connectivity index (χ3n) is 5.40. The van der Waals surface area contributed by atoms with Crippen LogP contribution in [0.5, 0.6) is 0 Å². The van der Waals surface area contributed by atoms with Crippen molar-refractivity contribution in [1.29, 1.82) is 0 Å². The van der Waals surface area contributed by atoms with Crippen molar-refractivity contribution in [3.8, 4) is 34.6 Å². The van der Waals surface area contributed by atoms with E-state index in [-0.39, 0.29) is 41.1 Å². The number of halogens is 7. The number of nitrogens with zero attached hydrogens (tertiary/aromatic N) is 7. The Morgan fingerprint density at radius 1 is 0.882 bits per heavy atom. The topological polar surface area (TPSA) is 74.3 Å². The normalized spacial score (nSPS) is 15.8. The smallest absolute Gasteiger partial charge is 0.301 e. The average molecular weight is 500 g/mol. The van der Waals surface area contributed by atoms with E-state index in [0.29, 0.717) is 0 Å². The predicted octanol–water partition coefficient (Wildman–Crippen LogP) is 5.53. The average Bonchev–Trinajstić information content (AvgIpc) is 3.37. The number of hydrogen-bond donors (Lipinski definition) is 0. The lowest BCUT2D eigenvalue weighted by Gasteiger charge is -2.25. The molecule has 0 fully saturated rings. The highest BCUT2D eigenvalue weighted by Crippen LogP contribution is 2.42. The molecule has 4 aromatic rings. The second-order valence-corrected chi connectivity index (χ2v) is 7.99. The molecule has 1 unspecified atom stereocenters. The Labute approximate surface area is 192 Å². The highest BCUT2D eigenvalue weighted by atomic mass is 35.5. The fourth-order valence-corrected chi connectivity index (χ4v) is 4.19. The first-order valence-electron chi connectivity index (χ1n) is 9.75. The number of alkyl halides is 6. The predicted molar refractivity (Wildman–Crippen MR) is 107 cm³/mol. The second kappa shape index (κ2) is 7.52. The Balaban J connectivity index is 1.62. The Kier molecular flexibility index (Phi) is 4.93. The van der Waals surface area contributed by atoms with Gasteiger partial charge in [0.15, 0.2) is 11.6 Å². The van der Waals surface area contributed by atoms with Gasteiger partial charge in [0.2, 0.25) is 11.6 Å². The molecule has 1 aliphatic rings. The number of benzene rings is 1. The van der Waals surface area contributed by atoms with E-state index < -0.39 is 34.5 Å². The molecule has 0 spiro atoms. The lowest BCUT2D eigenvalue weighted by molar-refractivity contribution is -0.138. The van der Waals surface area contributed by atoms with Gasteiger partial charge in [0.25, 0.3) is 0 Å². The lowest BCUT2D eigenvalue weighted by atomic mass is 10.1. The zero-order valence-corrected chi connectivity index (χ0v) is 17.8. The SMILES string of the molecule is CC1Cn2c(-c3cc(C(F)(F)F)ccn3)nnc2-c2nnc(-c3cccc(C(F)(F)F)c3Cl)n21. The number of hydrogen-bond acceptors (Lipinski definition) is 5. The maximum absolute atomic E-state index is 13.3. The molecular weight excluding hydrogens is 488 g/mol. The van der Waals surface area contributed by atoms with Crippen LogP contribution in [0.4, 0.5) is 26.3 Å². The van der Waals surface area contributed by atoms with Gasteiger partial charge in [0.05, 0.1) is 22.2 Å². The summed E-state index contributed by atoms with van der Waals surface area (Å²) in [6.45, 7) is 1.94. The van der Waals surface area contributed by atoms with Gasteiger partial charge in [-0.1, -0.05) is 17.7 Å². The molecule has 5 rings (SSSR count). The van der Waals surface area contributed by atoms with Gasteiger partial charge in [-0.15, -0.1) is 20.4 Å². The fraction of sp³-hybridized carbons (Fsp3) is 0.250. The van der Waals surface area contributed by atoms with Crippen LogP contribution < -0.4 is 0 Å². The first-order valence-corrected chi connectivity index (χ1v) is 10.1. The third-order valence-corrected chi connectivity index (χ3v) is 5.80. The van der Waals surface area contributed by atoms with Crippen molar-refractivity contribution < 1.29 is 26.3 Å². The maximum Gasteiger partial charge on any atom is 0.417 e. The van der Waals surface area contributed by atoms with Gasteiger partial charge in [0, 0.05) is 18.3 Å². The van der Waals surface area contributed by atoms with E-state index in [0.717, 1.165) is 24.4 Å². The quantitative estimate of drug-likeness (QED) is 0.339. The zero-order valence-electron chi connectivity index (χ0n) is 17.0. The van der Waals surface area contributed by atoms with Crippen molar-refractivity contribution in [3.63, 3.8) is 0 Å². The van der Waals surface area contributed by atoms with Crippen LogP contribution in [-0.4, -0.2) is 34.5 Å². The van der Waals surface area contributed by atoms with Gasteiger partial charge < -0.3 is 4.57 Å². The molecule has 0 N–H and O–H groups in total. The highest BCUT2D eigenvalue weighted by Gasteiger charge is 2.37. The summed E-state index contributed by atoms with van der Waals surface area (Å²) in [6.07, 6.45) is -8.19. The van der Waals surface area contributed by atoms with Crippen molar-refractivity contribution in [2.24, 2.45) is 0 Å². The van der Waals surface area contributed by atoms with Gasteiger partial charge in [-0.3, -0.25) is 9.55 Å².